The van der Waals surface area contributed by atoms with Crippen molar-refractivity contribution in [2.24, 2.45) is 0 Å². The fraction of sp³-hybridized carbons (Fsp3) is 0.588. The largest absolute Gasteiger partial charge is 0.292 e. The van der Waals surface area contributed by atoms with E-state index in [0.717, 1.165) is 24.0 Å². The third kappa shape index (κ3) is 3.58. The minimum Gasteiger partial charge on any atom is -0.292 e. The zero-order valence-electron chi connectivity index (χ0n) is 13.6. The first kappa shape index (κ1) is 17.2. The van der Waals surface area contributed by atoms with E-state index in [9.17, 15) is 13.2 Å². The van der Waals surface area contributed by atoms with Crippen LogP contribution in [0.3, 0.4) is 0 Å². The molecule has 0 aromatic heterocycles. The lowest BCUT2D eigenvalue weighted by atomic mass is 9.97. The lowest BCUT2D eigenvalue weighted by molar-refractivity contribution is 0.0917. The van der Waals surface area contributed by atoms with Crippen LogP contribution in [0.15, 0.2) is 18.2 Å². The van der Waals surface area contributed by atoms with Crippen LogP contribution in [-0.4, -0.2) is 36.8 Å². The van der Waals surface area contributed by atoms with Crippen molar-refractivity contribution in [3.05, 3.63) is 34.9 Å². The molecular weight excluding hydrogens is 298 g/mol. The molecule has 22 heavy (non-hydrogen) atoms. The maximum absolute atomic E-state index is 12.8. The number of aryl methyl sites for hydroxylation is 2. The number of carbonyl (C=O) groups is 1. The van der Waals surface area contributed by atoms with Gasteiger partial charge >= 0.3 is 0 Å². The number of ketones is 1. The van der Waals surface area contributed by atoms with Crippen LogP contribution < -0.4 is 0 Å². The highest BCUT2D eigenvalue weighted by Crippen LogP contribution is 2.26. The molecule has 0 bridgehead atoms. The average molecular weight is 323 g/mol. The molecule has 1 aromatic rings. The number of Topliss-reactive ketones (excluding diaryl/α,β-unsaturated/α-hetero) is 1. The SMILES string of the molecule is CCCCS(=O)(=O)N1CCCC1C(=O)c1cc(C)ccc1C. The monoisotopic (exact) mass is 323 g/mol. The Bertz CT molecular complexity index is 652. The molecule has 2 rings (SSSR count). The van der Waals surface area contributed by atoms with Gasteiger partial charge in [-0.15, -0.1) is 0 Å². The van der Waals surface area contributed by atoms with Crippen LogP contribution in [0, 0.1) is 13.8 Å². The van der Waals surface area contributed by atoms with Gasteiger partial charge in [0.15, 0.2) is 5.78 Å². The van der Waals surface area contributed by atoms with E-state index in [1.54, 1.807) is 0 Å². The van der Waals surface area contributed by atoms with Crippen molar-refractivity contribution >= 4 is 15.8 Å². The Labute approximate surface area is 133 Å². The van der Waals surface area contributed by atoms with E-state index in [1.165, 1.54) is 4.31 Å². The van der Waals surface area contributed by atoms with Gasteiger partial charge in [0.25, 0.3) is 0 Å². The third-order valence-electron chi connectivity index (χ3n) is 4.28. The molecule has 1 saturated heterocycles. The summed E-state index contributed by atoms with van der Waals surface area (Å²) in [4.78, 5) is 12.8. The highest BCUT2D eigenvalue weighted by molar-refractivity contribution is 7.89. The van der Waals surface area contributed by atoms with E-state index >= 15 is 0 Å². The predicted molar refractivity (Wildman–Crippen MR) is 88.7 cm³/mol. The lowest BCUT2D eigenvalue weighted by Gasteiger charge is -2.23. The minimum atomic E-state index is -3.33. The van der Waals surface area contributed by atoms with Crippen molar-refractivity contribution in [1.29, 1.82) is 0 Å². The molecule has 1 atom stereocenters. The van der Waals surface area contributed by atoms with Gasteiger partial charge in [0.2, 0.25) is 10.0 Å². The number of nitrogens with zero attached hydrogens (tertiary/aromatic N) is 1. The predicted octanol–water partition coefficient (Wildman–Crippen LogP) is 3.08. The Morgan fingerprint density at radius 3 is 2.73 bits per heavy atom. The molecule has 1 heterocycles. The third-order valence-corrected chi connectivity index (χ3v) is 6.23. The lowest BCUT2D eigenvalue weighted by Crippen LogP contribution is -2.41. The molecule has 0 spiro atoms. The number of benzene rings is 1. The molecule has 5 heteroatoms. The van der Waals surface area contributed by atoms with Gasteiger partial charge < -0.3 is 0 Å². The van der Waals surface area contributed by atoms with E-state index in [4.69, 9.17) is 0 Å². The summed E-state index contributed by atoms with van der Waals surface area (Å²) in [6.45, 7) is 6.28. The van der Waals surface area contributed by atoms with Crippen molar-refractivity contribution in [3.8, 4) is 0 Å². The molecule has 122 valence electrons. The number of unbranched alkanes of at least 4 members (excludes halogenated alkanes) is 1. The number of sulfonamides is 1. The highest BCUT2D eigenvalue weighted by Gasteiger charge is 2.38. The summed E-state index contributed by atoms with van der Waals surface area (Å²) in [5, 5.41) is 0. The molecule has 1 unspecified atom stereocenters. The molecule has 1 aliphatic rings. The maximum Gasteiger partial charge on any atom is 0.214 e. The van der Waals surface area contributed by atoms with Crippen molar-refractivity contribution in [2.45, 2.75) is 52.5 Å². The molecule has 4 nitrogen and oxygen atoms in total. The van der Waals surface area contributed by atoms with Gasteiger partial charge in [0, 0.05) is 12.1 Å². The van der Waals surface area contributed by atoms with Crippen LogP contribution in [0.1, 0.15) is 54.1 Å². The molecule has 0 saturated carbocycles. The summed E-state index contributed by atoms with van der Waals surface area (Å²) < 4.78 is 26.4. The Balaban J connectivity index is 2.27. The molecule has 0 amide bonds. The number of rotatable bonds is 6. The summed E-state index contributed by atoms with van der Waals surface area (Å²) in [5.74, 6) is 0.0823. The first-order valence-electron chi connectivity index (χ1n) is 7.98. The van der Waals surface area contributed by atoms with Crippen LogP contribution in [0.2, 0.25) is 0 Å². The van der Waals surface area contributed by atoms with Gasteiger partial charge in [-0.25, -0.2) is 8.42 Å². The molecule has 1 fully saturated rings. The standard InChI is InChI=1S/C17H25NO3S/c1-4-5-11-22(20,21)18-10-6-7-16(18)17(19)15-12-13(2)8-9-14(15)3/h8-9,12,16H,4-7,10-11H2,1-3H3. The summed E-state index contributed by atoms with van der Waals surface area (Å²) in [6.07, 6.45) is 2.86. The maximum atomic E-state index is 12.8. The molecule has 1 aromatic carbocycles. The van der Waals surface area contributed by atoms with Crippen LogP contribution in [0.25, 0.3) is 0 Å². The number of carbonyl (C=O) groups excluding carboxylic acids is 1. The van der Waals surface area contributed by atoms with E-state index in [1.807, 2.05) is 39.0 Å². The van der Waals surface area contributed by atoms with Crippen molar-refractivity contribution in [2.75, 3.05) is 12.3 Å². The molecule has 1 aliphatic heterocycles. The smallest absolute Gasteiger partial charge is 0.214 e. The normalized spacial score (nSPS) is 19.5. The fourth-order valence-corrected chi connectivity index (χ4v) is 4.84. The van der Waals surface area contributed by atoms with E-state index in [-0.39, 0.29) is 11.5 Å². The second-order valence-corrected chi connectivity index (χ2v) is 8.16. The van der Waals surface area contributed by atoms with Crippen LogP contribution in [-0.2, 0) is 10.0 Å². The topological polar surface area (TPSA) is 54.5 Å². The van der Waals surface area contributed by atoms with Gasteiger partial charge in [-0.1, -0.05) is 31.0 Å². The summed E-state index contributed by atoms with van der Waals surface area (Å²) in [6, 6.07) is 5.24. The van der Waals surface area contributed by atoms with E-state index in [0.29, 0.717) is 24.9 Å². The Morgan fingerprint density at radius 1 is 1.32 bits per heavy atom. The molecule has 0 radical (unpaired) electrons. The van der Waals surface area contributed by atoms with Gasteiger partial charge in [-0.05, 0) is 44.7 Å². The first-order chi connectivity index (χ1) is 10.4. The summed E-state index contributed by atoms with van der Waals surface area (Å²) in [7, 11) is -3.33. The van der Waals surface area contributed by atoms with Gasteiger partial charge in [-0.3, -0.25) is 4.79 Å². The second-order valence-electron chi connectivity index (χ2n) is 6.12. The van der Waals surface area contributed by atoms with Gasteiger partial charge in [0.1, 0.15) is 0 Å². The van der Waals surface area contributed by atoms with Gasteiger partial charge in [0.05, 0.1) is 11.8 Å². The van der Waals surface area contributed by atoms with Crippen molar-refractivity contribution in [1.82, 2.24) is 4.31 Å². The molecule has 0 aliphatic carbocycles. The quantitative estimate of drug-likeness (QED) is 0.756. The van der Waals surface area contributed by atoms with Crippen LogP contribution >= 0.6 is 0 Å². The first-order valence-corrected chi connectivity index (χ1v) is 9.58. The van der Waals surface area contributed by atoms with Crippen LogP contribution in [0.5, 0.6) is 0 Å². The zero-order valence-corrected chi connectivity index (χ0v) is 14.4. The second kappa shape index (κ2) is 6.92. The number of hydrogen-bond acceptors (Lipinski definition) is 3. The molecule has 0 N–H and O–H groups in total. The van der Waals surface area contributed by atoms with E-state index < -0.39 is 16.1 Å². The van der Waals surface area contributed by atoms with E-state index in [2.05, 4.69) is 0 Å². The van der Waals surface area contributed by atoms with Gasteiger partial charge in [-0.2, -0.15) is 4.31 Å². The van der Waals surface area contributed by atoms with Crippen molar-refractivity contribution in [3.63, 3.8) is 0 Å². The van der Waals surface area contributed by atoms with Crippen LogP contribution in [0.4, 0.5) is 0 Å². The molecular formula is C17H25NO3S. The Kier molecular flexibility index (Phi) is 5.40. The summed E-state index contributed by atoms with van der Waals surface area (Å²) in [5.41, 5.74) is 2.59. The highest BCUT2D eigenvalue weighted by atomic mass is 32.2. The number of hydrogen-bond donors (Lipinski definition) is 0. The minimum absolute atomic E-state index is 0.0567. The zero-order chi connectivity index (χ0) is 16.3. The Hall–Kier alpha value is -1.20. The summed E-state index contributed by atoms with van der Waals surface area (Å²) >= 11 is 0. The average Bonchev–Trinajstić information content (AvgIpc) is 2.97. The Morgan fingerprint density at radius 2 is 2.05 bits per heavy atom. The van der Waals surface area contributed by atoms with Crippen molar-refractivity contribution < 1.29 is 13.2 Å². The fourth-order valence-electron chi connectivity index (χ4n) is 2.96.